The molecule has 0 radical (unpaired) electrons. The molecular weight excluding hydrogens is 326 g/mol. The maximum absolute atomic E-state index is 12.7. The van der Waals surface area contributed by atoms with E-state index in [1.165, 1.54) is 0 Å². The van der Waals surface area contributed by atoms with Gasteiger partial charge in [0.15, 0.2) is 5.65 Å². The van der Waals surface area contributed by atoms with Gasteiger partial charge in [0.2, 0.25) is 0 Å². The molecule has 3 heterocycles. The minimum Gasteiger partial charge on any atom is -0.344 e. The Labute approximate surface area is 150 Å². The molecular formula is C20H17N5O. The van der Waals surface area contributed by atoms with Gasteiger partial charge in [-0.2, -0.15) is 5.10 Å². The third-order valence-electron chi connectivity index (χ3n) is 4.19. The van der Waals surface area contributed by atoms with Crippen LogP contribution in [0.4, 0.5) is 0 Å². The average Bonchev–Trinajstić information content (AvgIpc) is 3.13. The summed E-state index contributed by atoms with van der Waals surface area (Å²) in [6, 6.07) is 17.2. The van der Waals surface area contributed by atoms with Crippen LogP contribution in [0.2, 0.25) is 0 Å². The molecule has 4 aromatic rings. The summed E-state index contributed by atoms with van der Waals surface area (Å²) in [5, 5.41) is 7.33. The molecule has 1 unspecified atom stereocenters. The Morgan fingerprint density at radius 3 is 2.58 bits per heavy atom. The van der Waals surface area contributed by atoms with Crippen molar-refractivity contribution in [2.24, 2.45) is 0 Å². The Hall–Kier alpha value is -3.54. The Kier molecular flexibility index (Phi) is 4.15. The van der Waals surface area contributed by atoms with E-state index in [0.717, 1.165) is 17.0 Å². The van der Waals surface area contributed by atoms with Gasteiger partial charge in [-0.05, 0) is 25.1 Å². The summed E-state index contributed by atoms with van der Waals surface area (Å²) in [5.74, 6) is -0.226. The van der Waals surface area contributed by atoms with Gasteiger partial charge in [0.05, 0.1) is 23.6 Å². The smallest absolute Gasteiger partial charge is 0.257 e. The molecule has 26 heavy (non-hydrogen) atoms. The number of fused-ring (bicyclic) bond motifs is 1. The fraction of sp³-hybridized carbons (Fsp3) is 0.100. The third kappa shape index (κ3) is 2.93. The number of carbonyl (C=O) groups is 1. The van der Waals surface area contributed by atoms with Crippen LogP contribution in [0, 0.1) is 0 Å². The largest absolute Gasteiger partial charge is 0.344 e. The summed E-state index contributed by atoms with van der Waals surface area (Å²) in [6.45, 7) is 1.90. The van der Waals surface area contributed by atoms with Crippen molar-refractivity contribution in [3.8, 4) is 11.3 Å². The van der Waals surface area contributed by atoms with Gasteiger partial charge >= 0.3 is 0 Å². The molecule has 6 nitrogen and oxygen atoms in total. The van der Waals surface area contributed by atoms with Crippen molar-refractivity contribution in [3.05, 3.63) is 84.4 Å². The van der Waals surface area contributed by atoms with Crippen LogP contribution in [0.1, 0.15) is 29.0 Å². The van der Waals surface area contributed by atoms with Crippen LogP contribution in [0.25, 0.3) is 16.9 Å². The zero-order valence-corrected chi connectivity index (χ0v) is 14.2. The second-order valence-electron chi connectivity index (χ2n) is 5.94. The molecule has 0 saturated carbocycles. The Morgan fingerprint density at radius 1 is 1.00 bits per heavy atom. The summed E-state index contributed by atoms with van der Waals surface area (Å²) in [4.78, 5) is 21.3. The number of aromatic nitrogens is 4. The number of nitrogens with one attached hydrogen (secondary N) is 1. The third-order valence-corrected chi connectivity index (χ3v) is 4.19. The Balaban J connectivity index is 1.66. The van der Waals surface area contributed by atoms with Gasteiger partial charge in [0.1, 0.15) is 5.56 Å². The zero-order chi connectivity index (χ0) is 17.9. The van der Waals surface area contributed by atoms with Gasteiger partial charge in [0.25, 0.3) is 5.91 Å². The molecule has 128 valence electrons. The zero-order valence-electron chi connectivity index (χ0n) is 14.2. The van der Waals surface area contributed by atoms with E-state index >= 15 is 0 Å². The number of hydrogen-bond donors (Lipinski definition) is 1. The molecule has 0 fully saturated rings. The quantitative estimate of drug-likeness (QED) is 0.617. The highest BCUT2D eigenvalue weighted by Gasteiger charge is 2.18. The summed E-state index contributed by atoms with van der Waals surface area (Å²) in [6.07, 6.45) is 4.95. The highest BCUT2D eigenvalue weighted by Crippen LogP contribution is 2.21. The van der Waals surface area contributed by atoms with Crippen LogP contribution >= 0.6 is 0 Å². The molecule has 0 bridgehead atoms. The summed E-state index contributed by atoms with van der Waals surface area (Å²) >= 11 is 0. The molecule has 0 spiro atoms. The Morgan fingerprint density at radius 2 is 1.81 bits per heavy atom. The van der Waals surface area contributed by atoms with Crippen molar-refractivity contribution in [2.75, 3.05) is 0 Å². The number of nitrogens with zero attached hydrogens (tertiary/aromatic N) is 4. The van der Waals surface area contributed by atoms with Crippen molar-refractivity contribution >= 4 is 11.6 Å². The van der Waals surface area contributed by atoms with E-state index in [4.69, 9.17) is 0 Å². The molecule has 1 aromatic carbocycles. The lowest BCUT2D eigenvalue weighted by atomic mass is 10.1. The lowest BCUT2D eigenvalue weighted by molar-refractivity contribution is 0.0940. The molecule has 3 aromatic heterocycles. The van der Waals surface area contributed by atoms with Crippen LogP contribution in [0.3, 0.4) is 0 Å². The number of hydrogen-bond acceptors (Lipinski definition) is 4. The SMILES string of the molecule is CC(NC(=O)c1cnn2c(-c3ccccc3)ccnc12)c1ccccn1. The summed E-state index contributed by atoms with van der Waals surface area (Å²) < 4.78 is 1.69. The van der Waals surface area contributed by atoms with E-state index in [2.05, 4.69) is 20.4 Å². The molecule has 1 amide bonds. The Bertz CT molecular complexity index is 1040. The lowest BCUT2D eigenvalue weighted by Crippen LogP contribution is -2.27. The van der Waals surface area contributed by atoms with E-state index in [1.807, 2.05) is 61.5 Å². The van der Waals surface area contributed by atoms with Crippen LogP contribution in [0.15, 0.2) is 73.2 Å². The van der Waals surface area contributed by atoms with Crippen molar-refractivity contribution in [2.45, 2.75) is 13.0 Å². The maximum atomic E-state index is 12.7. The number of benzene rings is 1. The summed E-state index contributed by atoms with van der Waals surface area (Å²) in [7, 11) is 0. The number of carbonyl (C=O) groups excluding carboxylic acids is 1. The molecule has 1 N–H and O–H groups in total. The maximum Gasteiger partial charge on any atom is 0.257 e. The molecule has 0 aliphatic carbocycles. The van der Waals surface area contributed by atoms with E-state index in [9.17, 15) is 4.79 Å². The molecule has 0 saturated heterocycles. The van der Waals surface area contributed by atoms with Crippen molar-refractivity contribution < 1.29 is 4.79 Å². The lowest BCUT2D eigenvalue weighted by Gasteiger charge is -2.12. The van der Waals surface area contributed by atoms with Crippen molar-refractivity contribution in [1.29, 1.82) is 0 Å². The normalized spacial score (nSPS) is 12.0. The first kappa shape index (κ1) is 16.0. The molecule has 4 rings (SSSR count). The van der Waals surface area contributed by atoms with Gasteiger partial charge in [-0.15, -0.1) is 0 Å². The fourth-order valence-corrected chi connectivity index (χ4v) is 2.86. The average molecular weight is 343 g/mol. The van der Waals surface area contributed by atoms with Gasteiger partial charge in [-0.25, -0.2) is 9.50 Å². The highest BCUT2D eigenvalue weighted by atomic mass is 16.1. The highest BCUT2D eigenvalue weighted by molar-refractivity contribution is 6.00. The molecule has 1 atom stereocenters. The second kappa shape index (κ2) is 6.76. The van der Waals surface area contributed by atoms with Gasteiger partial charge in [-0.3, -0.25) is 9.78 Å². The second-order valence-corrected chi connectivity index (χ2v) is 5.94. The first-order valence-electron chi connectivity index (χ1n) is 8.34. The first-order chi connectivity index (χ1) is 12.7. The van der Waals surface area contributed by atoms with Gasteiger partial charge in [0, 0.05) is 18.0 Å². The molecule has 0 aliphatic rings. The van der Waals surface area contributed by atoms with Crippen LogP contribution in [0.5, 0.6) is 0 Å². The fourth-order valence-electron chi connectivity index (χ4n) is 2.86. The van der Waals surface area contributed by atoms with Crippen LogP contribution in [-0.2, 0) is 0 Å². The minimum absolute atomic E-state index is 0.212. The first-order valence-corrected chi connectivity index (χ1v) is 8.34. The minimum atomic E-state index is -0.226. The van der Waals surface area contributed by atoms with Gasteiger partial charge in [-0.1, -0.05) is 36.4 Å². The molecule has 6 heteroatoms. The van der Waals surface area contributed by atoms with E-state index in [-0.39, 0.29) is 11.9 Å². The predicted molar refractivity (Wildman–Crippen MR) is 98.5 cm³/mol. The number of pyridine rings is 1. The van der Waals surface area contributed by atoms with Crippen molar-refractivity contribution in [3.63, 3.8) is 0 Å². The number of rotatable bonds is 4. The molecule has 0 aliphatic heterocycles. The van der Waals surface area contributed by atoms with Crippen molar-refractivity contribution in [1.82, 2.24) is 24.9 Å². The van der Waals surface area contributed by atoms with Crippen LogP contribution < -0.4 is 5.32 Å². The van der Waals surface area contributed by atoms with E-state index in [0.29, 0.717) is 11.2 Å². The summed E-state index contributed by atoms with van der Waals surface area (Å²) in [5.41, 5.74) is 3.65. The standard InChI is InChI=1S/C20H17N5O/c1-14(17-9-5-6-11-21-17)24-20(26)16-13-23-25-18(10-12-22-19(16)25)15-7-3-2-4-8-15/h2-14H,1H3,(H,24,26). The number of amides is 1. The topological polar surface area (TPSA) is 72.2 Å². The van der Waals surface area contributed by atoms with Gasteiger partial charge < -0.3 is 5.32 Å². The van der Waals surface area contributed by atoms with E-state index in [1.54, 1.807) is 23.1 Å². The predicted octanol–water partition coefficient (Wildman–Crippen LogP) is 3.28. The van der Waals surface area contributed by atoms with Crippen LogP contribution in [-0.4, -0.2) is 25.5 Å². The van der Waals surface area contributed by atoms with E-state index < -0.39 is 0 Å². The monoisotopic (exact) mass is 343 g/mol.